The van der Waals surface area contributed by atoms with E-state index >= 15 is 0 Å². The second-order valence-electron chi connectivity index (χ2n) is 5.21. The average molecular weight is 263 g/mol. The van der Waals surface area contributed by atoms with Crippen molar-refractivity contribution in [2.75, 3.05) is 0 Å². The highest BCUT2D eigenvalue weighted by atomic mass is 16.3. The van der Waals surface area contributed by atoms with E-state index in [9.17, 15) is 5.11 Å². The van der Waals surface area contributed by atoms with Gasteiger partial charge in [-0.15, -0.1) is 0 Å². The molecule has 100 valence electrons. The average Bonchev–Trinajstić information content (AvgIpc) is 2.48. The SMILES string of the molecule is Cc1ccc(C)c(C(O)c2cncc3ccccc23)c1. The van der Waals surface area contributed by atoms with E-state index in [1.54, 1.807) is 6.20 Å². The predicted molar refractivity (Wildman–Crippen MR) is 81.7 cm³/mol. The highest BCUT2D eigenvalue weighted by Gasteiger charge is 2.16. The number of aliphatic hydroxyl groups excluding tert-OH is 1. The first-order valence-corrected chi connectivity index (χ1v) is 6.74. The Bertz CT molecular complexity index is 759. The molecule has 2 nitrogen and oxygen atoms in total. The first-order valence-electron chi connectivity index (χ1n) is 6.74. The van der Waals surface area contributed by atoms with E-state index in [1.165, 1.54) is 0 Å². The van der Waals surface area contributed by atoms with E-state index < -0.39 is 6.10 Å². The fourth-order valence-corrected chi connectivity index (χ4v) is 2.58. The molecule has 0 radical (unpaired) electrons. The second kappa shape index (κ2) is 5.06. The van der Waals surface area contributed by atoms with Gasteiger partial charge in [-0.1, -0.05) is 48.0 Å². The summed E-state index contributed by atoms with van der Waals surface area (Å²) < 4.78 is 0. The van der Waals surface area contributed by atoms with Gasteiger partial charge >= 0.3 is 0 Å². The number of fused-ring (bicyclic) bond motifs is 1. The smallest absolute Gasteiger partial charge is 0.106 e. The Labute approximate surface area is 118 Å². The lowest BCUT2D eigenvalue weighted by molar-refractivity contribution is 0.220. The molecule has 20 heavy (non-hydrogen) atoms. The summed E-state index contributed by atoms with van der Waals surface area (Å²) in [5, 5.41) is 12.9. The van der Waals surface area contributed by atoms with Crippen LogP contribution in [0.2, 0.25) is 0 Å². The zero-order chi connectivity index (χ0) is 14.1. The van der Waals surface area contributed by atoms with Gasteiger partial charge in [-0.25, -0.2) is 0 Å². The van der Waals surface area contributed by atoms with Crippen molar-refractivity contribution in [1.82, 2.24) is 4.98 Å². The normalized spacial score (nSPS) is 12.6. The van der Waals surface area contributed by atoms with Crippen LogP contribution >= 0.6 is 0 Å². The van der Waals surface area contributed by atoms with Crippen molar-refractivity contribution in [2.24, 2.45) is 0 Å². The molecule has 0 spiro atoms. The quantitative estimate of drug-likeness (QED) is 0.760. The van der Waals surface area contributed by atoms with E-state index in [0.717, 1.165) is 33.0 Å². The van der Waals surface area contributed by atoms with E-state index in [4.69, 9.17) is 0 Å². The van der Waals surface area contributed by atoms with Crippen LogP contribution < -0.4 is 0 Å². The molecule has 0 fully saturated rings. The second-order valence-corrected chi connectivity index (χ2v) is 5.21. The number of rotatable bonds is 2. The summed E-state index contributed by atoms with van der Waals surface area (Å²) in [5.74, 6) is 0. The van der Waals surface area contributed by atoms with Gasteiger partial charge in [-0.2, -0.15) is 0 Å². The Morgan fingerprint density at radius 1 is 0.950 bits per heavy atom. The summed E-state index contributed by atoms with van der Waals surface area (Å²) >= 11 is 0. The van der Waals surface area contributed by atoms with Crippen LogP contribution in [0.15, 0.2) is 54.9 Å². The molecule has 1 atom stereocenters. The Hall–Kier alpha value is -2.19. The van der Waals surface area contributed by atoms with E-state index in [1.807, 2.05) is 56.4 Å². The lowest BCUT2D eigenvalue weighted by Gasteiger charge is -2.16. The van der Waals surface area contributed by atoms with Crippen LogP contribution in [0, 0.1) is 13.8 Å². The van der Waals surface area contributed by atoms with Crippen molar-refractivity contribution < 1.29 is 5.11 Å². The summed E-state index contributed by atoms with van der Waals surface area (Å²) in [6.07, 6.45) is 2.94. The van der Waals surface area contributed by atoms with Gasteiger partial charge in [0.15, 0.2) is 0 Å². The summed E-state index contributed by atoms with van der Waals surface area (Å²) in [7, 11) is 0. The monoisotopic (exact) mass is 263 g/mol. The molecule has 1 aromatic heterocycles. The van der Waals surface area contributed by atoms with Gasteiger partial charge in [0.1, 0.15) is 6.10 Å². The Morgan fingerprint density at radius 2 is 1.75 bits per heavy atom. The number of benzene rings is 2. The maximum Gasteiger partial charge on any atom is 0.106 e. The lowest BCUT2D eigenvalue weighted by atomic mass is 9.94. The molecule has 0 bridgehead atoms. The summed E-state index contributed by atoms with van der Waals surface area (Å²) in [4.78, 5) is 4.25. The minimum atomic E-state index is -0.645. The number of aryl methyl sites for hydroxylation is 2. The zero-order valence-electron chi connectivity index (χ0n) is 11.7. The third-order valence-corrected chi connectivity index (χ3v) is 3.72. The molecular weight excluding hydrogens is 246 g/mol. The van der Waals surface area contributed by atoms with Crippen LogP contribution in [0.4, 0.5) is 0 Å². The predicted octanol–water partition coefficient (Wildman–Crippen LogP) is 3.93. The van der Waals surface area contributed by atoms with E-state index in [2.05, 4.69) is 11.1 Å². The highest BCUT2D eigenvalue weighted by molar-refractivity contribution is 5.85. The van der Waals surface area contributed by atoms with Gasteiger partial charge in [0.2, 0.25) is 0 Å². The van der Waals surface area contributed by atoms with Crippen molar-refractivity contribution >= 4 is 10.8 Å². The maximum absolute atomic E-state index is 10.8. The first-order chi connectivity index (χ1) is 9.66. The van der Waals surface area contributed by atoms with Gasteiger partial charge in [0, 0.05) is 23.3 Å². The number of nitrogens with zero attached hydrogens (tertiary/aromatic N) is 1. The molecule has 3 rings (SSSR count). The van der Waals surface area contributed by atoms with Crippen LogP contribution in [0.25, 0.3) is 10.8 Å². The van der Waals surface area contributed by atoms with Crippen molar-refractivity contribution in [3.8, 4) is 0 Å². The van der Waals surface area contributed by atoms with Gasteiger partial charge in [-0.3, -0.25) is 4.98 Å². The molecule has 0 aliphatic heterocycles. The van der Waals surface area contributed by atoms with Crippen LogP contribution in [-0.2, 0) is 0 Å². The molecule has 2 aromatic carbocycles. The first kappa shape index (κ1) is 12.8. The molecule has 1 heterocycles. The molecule has 1 unspecified atom stereocenters. The topological polar surface area (TPSA) is 33.1 Å². The molecule has 0 saturated carbocycles. The number of aliphatic hydroxyl groups is 1. The standard InChI is InChI=1S/C18H17NO/c1-12-7-8-13(2)16(9-12)18(20)17-11-19-10-14-5-3-4-6-15(14)17/h3-11,18,20H,1-2H3. The maximum atomic E-state index is 10.8. The number of hydrogen-bond acceptors (Lipinski definition) is 2. The van der Waals surface area contributed by atoms with Gasteiger partial charge in [-0.05, 0) is 30.4 Å². The molecule has 0 saturated heterocycles. The summed E-state index contributed by atoms with van der Waals surface area (Å²) in [5.41, 5.74) is 4.05. The fraction of sp³-hybridized carbons (Fsp3) is 0.167. The summed E-state index contributed by atoms with van der Waals surface area (Å²) in [6, 6.07) is 14.2. The van der Waals surface area contributed by atoms with Crippen LogP contribution in [0.1, 0.15) is 28.4 Å². The van der Waals surface area contributed by atoms with Gasteiger partial charge in [0.25, 0.3) is 0 Å². The summed E-state index contributed by atoms with van der Waals surface area (Å²) in [6.45, 7) is 4.06. The highest BCUT2D eigenvalue weighted by Crippen LogP contribution is 2.30. The molecule has 0 amide bonds. The fourth-order valence-electron chi connectivity index (χ4n) is 2.58. The van der Waals surface area contributed by atoms with E-state index in [0.29, 0.717) is 0 Å². The van der Waals surface area contributed by atoms with Crippen molar-refractivity contribution in [2.45, 2.75) is 20.0 Å². The third-order valence-electron chi connectivity index (χ3n) is 3.72. The van der Waals surface area contributed by atoms with Crippen LogP contribution in [0.3, 0.4) is 0 Å². The van der Waals surface area contributed by atoms with E-state index in [-0.39, 0.29) is 0 Å². The Kier molecular flexibility index (Phi) is 3.25. The van der Waals surface area contributed by atoms with Crippen molar-refractivity contribution in [3.05, 3.63) is 77.1 Å². The van der Waals surface area contributed by atoms with Crippen LogP contribution in [0.5, 0.6) is 0 Å². The number of hydrogen-bond donors (Lipinski definition) is 1. The van der Waals surface area contributed by atoms with Gasteiger partial charge in [0.05, 0.1) is 0 Å². The Balaban J connectivity index is 2.17. The molecule has 3 aromatic rings. The minimum Gasteiger partial charge on any atom is -0.384 e. The molecule has 0 aliphatic rings. The molecular formula is C18H17NO. The third kappa shape index (κ3) is 2.19. The Morgan fingerprint density at radius 3 is 2.60 bits per heavy atom. The number of aromatic nitrogens is 1. The number of pyridine rings is 1. The van der Waals surface area contributed by atoms with Crippen molar-refractivity contribution in [1.29, 1.82) is 0 Å². The van der Waals surface area contributed by atoms with Crippen molar-refractivity contribution in [3.63, 3.8) is 0 Å². The van der Waals surface area contributed by atoms with Gasteiger partial charge < -0.3 is 5.11 Å². The zero-order valence-corrected chi connectivity index (χ0v) is 11.7. The molecule has 2 heteroatoms. The lowest BCUT2D eigenvalue weighted by Crippen LogP contribution is -2.04. The minimum absolute atomic E-state index is 0.645. The molecule has 0 aliphatic carbocycles. The van der Waals surface area contributed by atoms with Crippen LogP contribution in [-0.4, -0.2) is 10.1 Å². The molecule has 1 N–H and O–H groups in total. The largest absolute Gasteiger partial charge is 0.384 e.